The topological polar surface area (TPSA) is 24.5 Å². The summed E-state index contributed by atoms with van der Waals surface area (Å²) in [5.74, 6) is 0. The Hall–Kier alpha value is -0.120. The Kier molecular flexibility index (Phi) is 7.45. The molecule has 0 aliphatic rings. The predicted octanol–water partition coefficient (Wildman–Crippen LogP) is 0.563. The van der Waals surface area contributed by atoms with Gasteiger partial charge in [-0.25, -0.2) is 0 Å². The van der Waals surface area contributed by atoms with Gasteiger partial charge in [0, 0.05) is 26.2 Å². The molecular formula is C9H22N2O. The third kappa shape index (κ3) is 5.52. The molecule has 74 valence electrons. The molecule has 0 aromatic carbocycles. The minimum absolute atomic E-state index is 0.557. The molecule has 3 heteroatoms. The number of rotatable bonds is 7. The Morgan fingerprint density at radius 3 is 2.58 bits per heavy atom. The van der Waals surface area contributed by atoms with Gasteiger partial charge in [0.15, 0.2) is 0 Å². The molecule has 0 saturated heterocycles. The fraction of sp³-hybridized carbons (Fsp3) is 1.00. The molecule has 1 N–H and O–H groups in total. The molecule has 0 aromatic rings. The molecule has 0 heterocycles. The molecule has 0 saturated carbocycles. The van der Waals surface area contributed by atoms with Gasteiger partial charge < -0.3 is 10.1 Å². The Balaban J connectivity index is 3.51. The van der Waals surface area contributed by atoms with Crippen LogP contribution in [0.4, 0.5) is 0 Å². The fourth-order valence-electron chi connectivity index (χ4n) is 1.08. The highest BCUT2D eigenvalue weighted by molar-refractivity contribution is 4.64. The minimum Gasteiger partial charge on any atom is -0.383 e. The van der Waals surface area contributed by atoms with Gasteiger partial charge in [-0.2, -0.15) is 0 Å². The second-order valence-corrected chi connectivity index (χ2v) is 3.08. The van der Waals surface area contributed by atoms with Crippen LogP contribution in [0.25, 0.3) is 0 Å². The summed E-state index contributed by atoms with van der Waals surface area (Å²) in [7, 11) is 3.74. The molecule has 1 atom stereocenters. The number of likely N-dealkylation sites (N-methyl/N-ethyl adjacent to an activating group) is 2. The van der Waals surface area contributed by atoms with E-state index in [4.69, 9.17) is 4.74 Å². The molecule has 0 aliphatic heterocycles. The first-order valence-electron chi connectivity index (χ1n) is 4.63. The van der Waals surface area contributed by atoms with Gasteiger partial charge in [0.1, 0.15) is 0 Å². The third-order valence-electron chi connectivity index (χ3n) is 2.08. The summed E-state index contributed by atoms with van der Waals surface area (Å²) < 4.78 is 5.03. The van der Waals surface area contributed by atoms with E-state index in [0.717, 1.165) is 26.2 Å². The van der Waals surface area contributed by atoms with Crippen molar-refractivity contribution in [3.05, 3.63) is 0 Å². The van der Waals surface area contributed by atoms with Crippen LogP contribution in [0, 0.1) is 0 Å². The van der Waals surface area contributed by atoms with Gasteiger partial charge in [0.05, 0.1) is 6.61 Å². The molecule has 0 aromatic heterocycles. The van der Waals surface area contributed by atoms with Crippen LogP contribution < -0.4 is 5.32 Å². The van der Waals surface area contributed by atoms with E-state index in [1.165, 1.54) is 0 Å². The van der Waals surface area contributed by atoms with E-state index in [-0.39, 0.29) is 0 Å². The van der Waals surface area contributed by atoms with Crippen LogP contribution in [0.5, 0.6) is 0 Å². The smallest absolute Gasteiger partial charge is 0.0589 e. The highest BCUT2D eigenvalue weighted by atomic mass is 16.5. The summed E-state index contributed by atoms with van der Waals surface area (Å²) in [6.45, 7) is 8.41. The van der Waals surface area contributed by atoms with Crippen molar-refractivity contribution < 1.29 is 4.74 Å². The first kappa shape index (κ1) is 11.9. The van der Waals surface area contributed by atoms with Gasteiger partial charge in [-0.1, -0.05) is 6.92 Å². The lowest BCUT2D eigenvalue weighted by Crippen LogP contribution is -2.38. The average Bonchev–Trinajstić information content (AvgIpc) is 2.11. The third-order valence-corrected chi connectivity index (χ3v) is 2.08. The average molecular weight is 174 g/mol. The molecule has 0 spiro atoms. The van der Waals surface area contributed by atoms with Crippen molar-refractivity contribution in [3.8, 4) is 0 Å². The Morgan fingerprint density at radius 2 is 2.17 bits per heavy atom. The zero-order valence-electron chi connectivity index (χ0n) is 8.76. The molecule has 0 aliphatic carbocycles. The van der Waals surface area contributed by atoms with E-state index >= 15 is 0 Å². The summed E-state index contributed by atoms with van der Waals surface area (Å²) >= 11 is 0. The van der Waals surface area contributed by atoms with E-state index in [1.54, 1.807) is 7.11 Å². The van der Waals surface area contributed by atoms with Gasteiger partial charge in [-0.3, -0.25) is 4.90 Å². The molecule has 3 nitrogen and oxygen atoms in total. The molecule has 0 fully saturated rings. The number of ether oxygens (including phenoxy) is 1. The van der Waals surface area contributed by atoms with Gasteiger partial charge in [-0.05, 0) is 20.5 Å². The maximum absolute atomic E-state index is 5.03. The largest absolute Gasteiger partial charge is 0.383 e. The monoisotopic (exact) mass is 174 g/mol. The zero-order chi connectivity index (χ0) is 9.40. The van der Waals surface area contributed by atoms with E-state index in [9.17, 15) is 0 Å². The van der Waals surface area contributed by atoms with E-state index in [2.05, 4.69) is 24.1 Å². The molecule has 0 bridgehead atoms. The summed E-state index contributed by atoms with van der Waals surface area (Å²) in [6.07, 6.45) is 0. The Bertz CT molecular complexity index is 98.5. The van der Waals surface area contributed by atoms with Crippen LogP contribution in [-0.2, 0) is 4.74 Å². The van der Waals surface area contributed by atoms with Crippen LogP contribution >= 0.6 is 0 Å². The van der Waals surface area contributed by atoms with Crippen molar-refractivity contribution >= 4 is 0 Å². The standard InChI is InChI=1S/C9H22N2O/c1-5-11(6-7-12-4)8-9(2)10-3/h9-10H,5-8H2,1-4H3. The van der Waals surface area contributed by atoms with Gasteiger partial charge in [0.25, 0.3) is 0 Å². The van der Waals surface area contributed by atoms with E-state index in [0.29, 0.717) is 6.04 Å². The summed E-state index contributed by atoms with van der Waals surface area (Å²) in [5, 5.41) is 3.22. The van der Waals surface area contributed by atoms with Crippen LogP contribution in [0.15, 0.2) is 0 Å². The minimum atomic E-state index is 0.557. The van der Waals surface area contributed by atoms with Crippen LogP contribution in [-0.4, -0.2) is 51.3 Å². The number of methoxy groups -OCH3 is 1. The summed E-state index contributed by atoms with van der Waals surface area (Å²) in [6, 6.07) is 0.557. The normalized spacial score (nSPS) is 13.8. The number of nitrogens with one attached hydrogen (secondary N) is 1. The number of hydrogen-bond acceptors (Lipinski definition) is 3. The molecule has 0 amide bonds. The maximum Gasteiger partial charge on any atom is 0.0589 e. The SMILES string of the molecule is CCN(CCOC)CC(C)NC. The van der Waals surface area contributed by atoms with Crippen LogP contribution in [0.1, 0.15) is 13.8 Å². The van der Waals surface area contributed by atoms with Crippen molar-refractivity contribution in [1.82, 2.24) is 10.2 Å². The molecule has 0 radical (unpaired) electrons. The Morgan fingerprint density at radius 1 is 1.50 bits per heavy atom. The van der Waals surface area contributed by atoms with Gasteiger partial charge >= 0.3 is 0 Å². The molecule has 1 unspecified atom stereocenters. The lowest BCUT2D eigenvalue weighted by atomic mass is 10.3. The van der Waals surface area contributed by atoms with E-state index < -0.39 is 0 Å². The number of hydrogen-bond donors (Lipinski definition) is 1. The van der Waals surface area contributed by atoms with E-state index in [1.807, 2.05) is 7.05 Å². The summed E-state index contributed by atoms with van der Waals surface area (Å²) in [5.41, 5.74) is 0. The predicted molar refractivity (Wildman–Crippen MR) is 52.5 cm³/mol. The van der Waals surface area contributed by atoms with Crippen molar-refractivity contribution in [1.29, 1.82) is 0 Å². The maximum atomic E-state index is 5.03. The fourth-order valence-corrected chi connectivity index (χ4v) is 1.08. The first-order chi connectivity index (χ1) is 5.74. The van der Waals surface area contributed by atoms with Gasteiger partial charge in [0.2, 0.25) is 0 Å². The van der Waals surface area contributed by atoms with Gasteiger partial charge in [-0.15, -0.1) is 0 Å². The molecule has 12 heavy (non-hydrogen) atoms. The highest BCUT2D eigenvalue weighted by Gasteiger charge is 2.05. The molecule has 0 rings (SSSR count). The zero-order valence-corrected chi connectivity index (χ0v) is 8.76. The number of nitrogens with zero attached hydrogens (tertiary/aromatic N) is 1. The van der Waals surface area contributed by atoms with Crippen molar-refractivity contribution in [2.75, 3.05) is 40.4 Å². The second-order valence-electron chi connectivity index (χ2n) is 3.08. The summed E-state index contributed by atoms with van der Waals surface area (Å²) in [4.78, 5) is 2.38. The van der Waals surface area contributed by atoms with Crippen LogP contribution in [0.3, 0.4) is 0 Å². The first-order valence-corrected chi connectivity index (χ1v) is 4.63. The lowest BCUT2D eigenvalue weighted by Gasteiger charge is -2.23. The Labute approximate surface area is 76.1 Å². The van der Waals surface area contributed by atoms with Crippen molar-refractivity contribution in [2.24, 2.45) is 0 Å². The van der Waals surface area contributed by atoms with Crippen molar-refractivity contribution in [3.63, 3.8) is 0 Å². The quantitative estimate of drug-likeness (QED) is 0.610. The highest BCUT2D eigenvalue weighted by Crippen LogP contribution is 1.91. The molecular weight excluding hydrogens is 152 g/mol. The lowest BCUT2D eigenvalue weighted by molar-refractivity contribution is 0.146. The van der Waals surface area contributed by atoms with Crippen LogP contribution in [0.2, 0.25) is 0 Å². The second kappa shape index (κ2) is 7.53. The van der Waals surface area contributed by atoms with Crippen molar-refractivity contribution in [2.45, 2.75) is 19.9 Å².